The van der Waals surface area contributed by atoms with Gasteiger partial charge in [0.05, 0.1) is 10.4 Å². The maximum Gasteiger partial charge on any atom is 0.241 e. The molecule has 1 aromatic heterocycles. The van der Waals surface area contributed by atoms with Crippen LogP contribution in [0.2, 0.25) is 0 Å². The van der Waals surface area contributed by atoms with Gasteiger partial charge < -0.3 is 4.52 Å². The van der Waals surface area contributed by atoms with Crippen molar-refractivity contribution in [2.45, 2.75) is 49.5 Å². The van der Waals surface area contributed by atoms with E-state index in [-0.39, 0.29) is 4.90 Å². The highest BCUT2D eigenvalue weighted by molar-refractivity contribution is 9.10. The van der Waals surface area contributed by atoms with Gasteiger partial charge in [0.1, 0.15) is 0 Å². The predicted molar refractivity (Wildman–Crippen MR) is 88.3 cm³/mol. The summed E-state index contributed by atoms with van der Waals surface area (Å²) >= 11 is 3.31. The molecule has 0 unspecified atom stereocenters. The fraction of sp³-hybridized carbons (Fsp3) is 0.467. The SMILES string of the molecule is Cc1nc(C2(NS(=O)(=O)c3ccc(Br)cc3)CCCCC2)no1. The molecule has 1 aliphatic carbocycles. The number of aryl methyl sites for hydroxylation is 1. The molecule has 1 heterocycles. The molecule has 0 bridgehead atoms. The third kappa shape index (κ3) is 3.49. The molecule has 0 radical (unpaired) electrons. The van der Waals surface area contributed by atoms with Crippen molar-refractivity contribution in [2.24, 2.45) is 0 Å². The summed E-state index contributed by atoms with van der Waals surface area (Å²) in [6, 6.07) is 6.57. The van der Waals surface area contributed by atoms with Crippen molar-refractivity contribution in [3.05, 3.63) is 40.5 Å². The molecule has 0 amide bonds. The number of benzene rings is 1. The number of sulfonamides is 1. The Morgan fingerprint density at radius 1 is 1.17 bits per heavy atom. The van der Waals surface area contributed by atoms with Crippen LogP contribution in [0.15, 0.2) is 38.2 Å². The molecule has 1 saturated carbocycles. The van der Waals surface area contributed by atoms with E-state index in [9.17, 15) is 8.42 Å². The lowest BCUT2D eigenvalue weighted by Crippen LogP contribution is -2.47. The van der Waals surface area contributed by atoms with Crippen LogP contribution in [-0.2, 0) is 15.6 Å². The Balaban J connectivity index is 1.96. The molecular weight excluding hydrogens is 382 g/mol. The summed E-state index contributed by atoms with van der Waals surface area (Å²) in [6.45, 7) is 1.70. The summed E-state index contributed by atoms with van der Waals surface area (Å²) in [5.74, 6) is 0.864. The van der Waals surface area contributed by atoms with Crippen LogP contribution in [0.25, 0.3) is 0 Å². The number of rotatable bonds is 4. The second-order valence-electron chi connectivity index (χ2n) is 5.84. The zero-order valence-electron chi connectivity index (χ0n) is 12.8. The fourth-order valence-corrected chi connectivity index (χ4v) is 4.64. The number of nitrogens with one attached hydrogen (secondary N) is 1. The highest BCUT2D eigenvalue weighted by atomic mass is 79.9. The molecule has 2 aromatic rings. The number of nitrogens with zero attached hydrogens (tertiary/aromatic N) is 2. The molecular formula is C15H18BrN3O3S. The smallest absolute Gasteiger partial charge is 0.241 e. The van der Waals surface area contributed by atoms with E-state index in [1.54, 1.807) is 31.2 Å². The standard InChI is InChI=1S/C15H18BrN3O3S/c1-11-17-14(18-22-11)15(9-3-2-4-10-15)19-23(20,21)13-7-5-12(16)6-8-13/h5-8,19H,2-4,9-10H2,1H3. The van der Waals surface area contributed by atoms with Crippen molar-refractivity contribution in [1.82, 2.24) is 14.9 Å². The van der Waals surface area contributed by atoms with Crippen LogP contribution in [0, 0.1) is 6.92 Å². The van der Waals surface area contributed by atoms with E-state index in [1.807, 2.05) is 0 Å². The molecule has 8 heteroatoms. The average Bonchev–Trinajstić information content (AvgIpc) is 2.95. The lowest BCUT2D eigenvalue weighted by Gasteiger charge is -2.34. The Kier molecular flexibility index (Phi) is 4.57. The van der Waals surface area contributed by atoms with Crippen molar-refractivity contribution < 1.29 is 12.9 Å². The van der Waals surface area contributed by atoms with Crippen LogP contribution < -0.4 is 4.72 Å². The molecule has 3 rings (SSSR count). The monoisotopic (exact) mass is 399 g/mol. The van der Waals surface area contributed by atoms with Gasteiger partial charge in [-0.15, -0.1) is 0 Å². The first-order valence-electron chi connectivity index (χ1n) is 7.52. The van der Waals surface area contributed by atoms with E-state index in [4.69, 9.17) is 4.52 Å². The first-order valence-corrected chi connectivity index (χ1v) is 9.79. The Bertz CT molecular complexity index is 781. The van der Waals surface area contributed by atoms with E-state index in [0.717, 1.165) is 23.7 Å². The number of hydrogen-bond donors (Lipinski definition) is 1. The van der Waals surface area contributed by atoms with Crippen molar-refractivity contribution in [1.29, 1.82) is 0 Å². The minimum absolute atomic E-state index is 0.228. The fourth-order valence-electron chi connectivity index (χ4n) is 2.95. The highest BCUT2D eigenvalue weighted by Gasteiger charge is 2.41. The summed E-state index contributed by atoms with van der Waals surface area (Å²) < 4.78 is 34.3. The average molecular weight is 400 g/mol. The summed E-state index contributed by atoms with van der Waals surface area (Å²) in [5, 5.41) is 3.98. The van der Waals surface area contributed by atoms with E-state index in [1.165, 1.54) is 0 Å². The quantitative estimate of drug-likeness (QED) is 0.852. The largest absolute Gasteiger partial charge is 0.340 e. The van der Waals surface area contributed by atoms with E-state index in [0.29, 0.717) is 24.6 Å². The Morgan fingerprint density at radius 3 is 2.39 bits per heavy atom. The number of aromatic nitrogens is 2. The molecule has 0 saturated heterocycles. The van der Waals surface area contributed by atoms with Gasteiger partial charge in [-0.3, -0.25) is 0 Å². The third-order valence-electron chi connectivity index (χ3n) is 4.12. The number of halogens is 1. The van der Waals surface area contributed by atoms with Gasteiger partial charge in [-0.2, -0.15) is 9.71 Å². The van der Waals surface area contributed by atoms with Gasteiger partial charge in [-0.25, -0.2) is 8.42 Å². The van der Waals surface area contributed by atoms with Crippen LogP contribution in [0.1, 0.15) is 43.8 Å². The van der Waals surface area contributed by atoms with Gasteiger partial charge in [-0.1, -0.05) is 40.3 Å². The number of hydrogen-bond acceptors (Lipinski definition) is 5. The van der Waals surface area contributed by atoms with E-state index in [2.05, 4.69) is 30.8 Å². The van der Waals surface area contributed by atoms with Crippen molar-refractivity contribution in [3.8, 4) is 0 Å². The summed E-state index contributed by atoms with van der Waals surface area (Å²) in [7, 11) is -3.67. The van der Waals surface area contributed by atoms with Crippen molar-refractivity contribution >= 4 is 26.0 Å². The second-order valence-corrected chi connectivity index (χ2v) is 8.44. The molecule has 0 aliphatic heterocycles. The lowest BCUT2D eigenvalue weighted by molar-refractivity contribution is 0.248. The summed E-state index contributed by atoms with van der Waals surface area (Å²) in [4.78, 5) is 4.51. The second kappa shape index (κ2) is 6.33. The first-order chi connectivity index (χ1) is 10.9. The molecule has 6 nitrogen and oxygen atoms in total. The van der Waals surface area contributed by atoms with Crippen LogP contribution in [-0.4, -0.2) is 18.6 Å². The van der Waals surface area contributed by atoms with Crippen LogP contribution >= 0.6 is 15.9 Å². The van der Waals surface area contributed by atoms with Gasteiger partial charge in [0.25, 0.3) is 0 Å². The molecule has 1 fully saturated rings. The zero-order chi connectivity index (χ0) is 16.5. The van der Waals surface area contributed by atoms with Gasteiger partial charge >= 0.3 is 0 Å². The van der Waals surface area contributed by atoms with Crippen molar-refractivity contribution in [2.75, 3.05) is 0 Å². The molecule has 0 spiro atoms. The summed E-state index contributed by atoms with van der Waals surface area (Å²) in [5.41, 5.74) is -0.790. The first kappa shape index (κ1) is 16.6. The molecule has 1 aliphatic rings. The minimum Gasteiger partial charge on any atom is -0.340 e. The predicted octanol–water partition coefficient (Wildman–Crippen LogP) is 3.28. The van der Waals surface area contributed by atoms with E-state index < -0.39 is 15.6 Å². The third-order valence-corrected chi connectivity index (χ3v) is 6.20. The minimum atomic E-state index is -3.67. The van der Waals surface area contributed by atoms with Gasteiger partial charge in [-0.05, 0) is 37.1 Å². The Morgan fingerprint density at radius 2 is 1.83 bits per heavy atom. The Labute approximate surface area is 143 Å². The normalized spacial score (nSPS) is 18.0. The lowest BCUT2D eigenvalue weighted by atomic mass is 9.82. The van der Waals surface area contributed by atoms with Crippen LogP contribution in [0.3, 0.4) is 0 Å². The van der Waals surface area contributed by atoms with Gasteiger partial charge in [0.2, 0.25) is 15.9 Å². The van der Waals surface area contributed by atoms with Crippen LogP contribution in [0.4, 0.5) is 0 Å². The van der Waals surface area contributed by atoms with Gasteiger partial charge in [0, 0.05) is 11.4 Å². The van der Waals surface area contributed by atoms with Crippen LogP contribution in [0.5, 0.6) is 0 Å². The van der Waals surface area contributed by atoms with E-state index >= 15 is 0 Å². The Hall–Kier alpha value is -1.25. The van der Waals surface area contributed by atoms with Gasteiger partial charge in [0.15, 0.2) is 5.82 Å². The molecule has 0 atom stereocenters. The topological polar surface area (TPSA) is 85.1 Å². The molecule has 23 heavy (non-hydrogen) atoms. The maximum atomic E-state index is 12.8. The molecule has 1 aromatic carbocycles. The molecule has 124 valence electrons. The molecule has 1 N–H and O–H groups in total. The maximum absolute atomic E-state index is 12.8. The highest BCUT2D eigenvalue weighted by Crippen LogP contribution is 2.37. The summed E-state index contributed by atoms with van der Waals surface area (Å²) in [6.07, 6.45) is 4.27. The zero-order valence-corrected chi connectivity index (χ0v) is 15.2. The van der Waals surface area contributed by atoms with Crippen molar-refractivity contribution in [3.63, 3.8) is 0 Å².